The van der Waals surface area contributed by atoms with Gasteiger partial charge in [-0.1, -0.05) is 31.5 Å². The van der Waals surface area contributed by atoms with Crippen LogP contribution >= 0.6 is 11.6 Å². The number of halogens is 2. The summed E-state index contributed by atoms with van der Waals surface area (Å²) in [5, 5.41) is 2.22. The first-order chi connectivity index (χ1) is 8.74. The molecule has 0 aromatic heterocycles. The van der Waals surface area contributed by atoms with Gasteiger partial charge in [-0.05, 0) is 19.1 Å². The van der Waals surface area contributed by atoms with E-state index in [0.717, 1.165) is 0 Å². The van der Waals surface area contributed by atoms with Crippen molar-refractivity contribution in [1.82, 2.24) is 5.32 Å². The van der Waals surface area contributed by atoms with E-state index in [1.54, 1.807) is 6.92 Å². The Balaban J connectivity index is 2.82. The standard InChI is InChI=1S/C12H18ClFN2O2S/c1-8(2)15-7-9(3)19(17,18)16-11-6-4-5-10(13)12(11)14/h4-6,8-9,15-16H,7H2,1-3H3. The van der Waals surface area contributed by atoms with Crippen LogP contribution in [-0.4, -0.2) is 26.3 Å². The molecule has 0 aliphatic carbocycles. The quantitative estimate of drug-likeness (QED) is 0.849. The van der Waals surface area contributed by atoms with E-state index in [9.17, 15) is 12.8 Å². The summed E-state index contributed by atoms with van der Waals surface area (Å²) in [6.45, 7) is 5.68. The van der Waals surface area contributed by atoms with Crippen LogP contribution < -0.4 is 10.0 Å². The molecular formula is C12H18ClFN2O2S. The van der Waals surface area contributed by atoms with Crippen LogP contribution in [0.4, 0.5) is 10.1 Å². The molecule has 108 valence electrons. The zero-order chi connectivity index (χ0) is 14.6. The van der Waals surface area contributed by atoms with Gasteiger partial charge in [-0.15, -0.1) is 0 Å². The molecule has 0 bridgehead atoms. The molecule has 0 spiro atoms. The second kappa shape index (κ2) is 6.54. The van der Waals surface area contributed by atoms with E-state index in [1.807, 2.05) is 13.8 Å². The first-order valence-corrected chi connectivity index (χ1v) is 7.85. The summed E-state index contributed by atoms with van der Waals surface area (Å²) in [5.41, 5.74) is -0.135. The van der Waals surface area contributed by atoms with Crippen molar-refractivity contribution in [1.29, 1.82) is 0 Å². The van der Waals surface area contributed by atoms with Gasteiger partial charge in [0.15, 0.2) is 5.82 Å². The molecule has 0 radical (unpaired) electrons. The van der Waals surface area contributed by atoms with Crippen LogP contribution in [-0.2, 0) is 10.0 Å². The Hall–Kier alpha value is -0.850. The summed E-state index contributed by atoms with van der Waals surface area (Å²) < 4.78 is 39.9. The average Bonchev–Trinajstić information content (AvgIpc) is 2.31. The molecule has 1 unspecified atom stereocenters. The average molecular weight is 309 g/mol. The van der Waals surface area contributed by atoms with Crippen LogP contribution in [0.5, 0.6) is 0 Å². The van der Waals surface area contributed by atoms with Crippen LogP contribution in [0.3, 0.4) is 0 Å². The Morgan fingerprint density at radius 2 is 1.95 bits per heavy atom. The molecule has 19 heavy (non-hydrogen) atoms. The Kier molecular flexibility index (Phi) is 5.58. The minimum absolute atomic E-state index is 0.117. The predicted octanol–water partition coefficient (Wildman–Crippen LogP) is 2.61. The van der Waals surface area contributed by atoms with Gasteiger partial charge < -0.3 is 5.32 Å². The maximum absolute atomic E-state index is 13.6. The first kappa shape index (κ1) is 16.2. The van der Waals surface area contributed by atoms with Crippen LogP contribution in [0.1, 0.15) is 20.8 Å². The van der Waals surface area contributed by atoms with Gasteiger partial charge in [0.2, 0.25) is 10.0 Å². The zero-order valence-electron chi connectivity index (χ0n) is 11.1. The number of hydrogen-bond acceptors (Lipinski definition) is 3. The lowest BCUT2D eigenvalue weighted by molar-refractivity contribution is 0.553. The van der Waals surface area contributed by atoms with Crippen molar-refractivity contribution in [3.8, 4) is 0 Å². The predicted molar refractivity (Wildman–Crippen MR) is 76.6 cm³/mol. The fourth-order valence-electron chi connectivity index (χ4n) is 1.35. The molecule has 1 aromatic carbocycles. The van der Waals surface area contributed by atoms with Crippen molar-refractivity contribution in [3.63, 3.8) is 0 Å². The Bertz CT molecular complexity index is 535. The first-order valence-electron chi connectivity index (χ1n) is 5.93. The summed E-state index contributed by atoms with van der Waals surface area (Å²) in [6, 6.07) is 4.36. The highest BCUT2D eigenvalue weighted by Gasteiger charge is 2.22. The molecule has 1 rings (SSSR count). The molecule has 4 nitrogen and oxygen atoms in total. The van der Waals surface area contributed by atoms with Gasteiger partial charge in [0.05, 0.1) is 16.0 Å². The van der Waals surface area contributed by atoms with Crippen molar-refractivity contribution in [2.75, 3.05) is 11.3 Å². The van der Waals surface area contributed by atoms with Gasteiger partial charge in [0, 0.05) is 12.6 Å². The molecule has 1 aromatic rings. The third kappa shape index (κ3) is 4.63. The number of benzene rings is 1. The minimum Gasteiger partial charge on any atom is -0.313 e. The fraction of sp³-hybridized carbons (Fsp3) is 0.500. The van der Waals surface area contributed by atoms with Gasteiger partial charge in [-0.25, -0.2) is 12.8 Å². The minimum atomic E-state index is -3.66. The highest BCUT2D eigenvalue weighted by Crippen LogP contribution is 2.23. The van der Waals surface area contributed by atoms with Crippen molar-refractivity contribution >= 4 is 27.3 Å². The lowest BCUT2D eigenvalue weighted by Crippen LogP contribution is -2.37. The number of nitrogens with one attached hydrogen (secondary N) is 2. The number of hydrogen-bond donors (Lipinski definition) is 2. The zero-order valence-corrected chi connectivity index (χ0v) is 12.6. The number of anilines is 1. The van der Waals surface area contributed by atoms with E-state index in [-0.39, 0.29) is 23.3 Å². The highest BCUT2D eigenvalue weighted by molar-refractivity contribution is 7.93. The van der Waals surface area contributed by atoms with E-state index in [1.165, 1.54) is 18.2 Å². The van der Waals surface area contributed by atoms with E-state index >= 15 is 0 Å². The third-order valence-electron chi connectivity index (χ3n) is 2.55. The van der Waals surface area contributed by atoms with Gasteiger partial charge in [-0.3, -0.25) is 4.72 Å². The largest absolute Gasteiger partial charge is 0.313 e. The molecule has 0 fully saturated rings. The third-order valence-corrected chi connectivity index (χ3v) is 4.57. The molecule has 0 amide bonds. The fourth-order valence-corrected chi connectivity index (χ4v) is 2.50. The van der Waals surface area contributed by atoms with Gasteiger partial charge in [0.1, 0.15) is 0 Å². The maximum Gasteiger partial charge on any atom is 0.236 e. The smallest absolute Gasteiger partial charge is 0.236 e. The maximum atomic E-state index is 13.6. The summed E-state index contributed by atoms with van der Waals surface area (Å²) in [4.78, 5) is 0. The lowest BCUT2D eigenvalue weighted by atomic mass is 10.3. The van der Waals surface area contributed by atoms with Crippen LogP contribution in [0.15, 0.2) is 18.2 Å². The molecule has 2 N–H and O–H groups in total. The monoisotopic (exact) mass is 308 g/mol. The Morgan fingerprint density at radius 1 is 1.32 bits per heavy atom. The van der Waals surface area contributed by atoms with Gasteiger partial charge >= 0.3 is 0 Å². The molecule has 0 aliphatic rings. The molecule has 0 heterocycles. The van der Waals surface area contributed by atoms with Crippen molar-refractivity contribution in [2.24, 2.45) is 0 Å². The summed E-state index contributed by atoms with van der Waals surface area (Å²) in [6.07, 6.45) is 0. The summed E-state index contributed by atoms with van der Waals surface area (Å²) in [7, 11) is -3.66. The summed E-state index contributed by atoms with van der Waals surface area (Å²) in [5.74, 6) is -0.767. The number of rotatable bonds is 6. The second-order valence-corrected chi connectivity index (χ2v) is 7.13. The van der Waals surface area contributed by atoms with Crippen molar-refractivity contribution in [3.05, 3.63) is 29.0 Å². The molecule has 0 saturated carbocycles. The molecule has 0 saturated heterocycles. The highest BCUT2D eigenvalue weighted by atomic mass is 35.5. The summed E-state index contributed by atoms with van der Waals surface area (Å²) >= 11 is 5.60. The van der Waals surface area contributed by atoms with E-state index in [2.05, 4.69) is 10.0 Å². The lowest BCUT2D eigenvalue weighted by Gasteiger charge is -2.17. The van der Waals surface area contributed by atoms with Crippen molar-refractivity contribution in [2.45, 2.75) is 32.1 Å². The Labute approximate surface area is 118 Å². The van der Waals surface area contributed by atoms with Gasteiger partial charge in [0.25, 0.3) is 0 Å². The topological polar surface area (TPSA) is 58.2 Å². The Morgan fingerprint density at radius 3 is 2.53 bits per heavy atom. The molecule has 7 heteroatoms. The molecule has 0 aliphatic heterocycles. The molecular weight excluding hydrogens is 291 g/mol. The SMILES string of the molecule is CC(C)NCC(C)S(=O)(=O)Nc1cccc(Cl)c1F. The normalized spacial score (nSPS) is 13.6. The van der Waals surface area contributed by atoms with Crippen LogP contribution in [0, 0.1) is 5.82 Å². The number of sulfonamides is 1. The van der Waals surface area contributed by atoms with Crippen LogP contribution in [0.25, 0.3) is 0 Å². The van der Waals surface area contributed by atoms with E-state index in [4.69, 9.17) is 11.6 Å². The van der Waals surface area contributed by atoms with E-state index in [0.29, 0.717) is 0 Å². The van der Waals surface area contributed by atoms with Crippen molar-refractivity contribution < 1.29 is 12.8 Å². The molecule has 1 atom stereocenters. The van der Waals surface area contributed by atoms with E-state index < -0.39 is 21.1 Å². The van der Waals surface area contributed by atoms with Gasteiger partial charge in [-0.2, -0.15) is 0 Å². The van der Waals surface area contributed by atoms with Crippen LogP contribution in [0.2, 0.25) is 5.02 Å². The second-order valence-electron chi connectivity index (χ2n) is 4.62.